The summed E-state index contributed by atoms with van der Waals surface area (Å²) in [5.74, 6) is 0.799. The number of carbonyl (C=O) groups is 1. The average molecular weight is 294 g/mol. The highest BCUT2D eigenvalue weighted by atomic mass is 16.5. The number of pyridine rings is 1. The number of hydrogen-bond donors (Lipinski definition) is 2. The Kier molecular flexibility index (Phi) is 7.53. The summed E-state index contributed by atoms with van der Waals surface area (Å²) in [5.41, 5.74) is 2.17. The van der Waals surface area contributed by atoms with Crippen LogP contribution in [0, 0.1) is 6.92 Å². The lowest BCUT2D eigenvalue weighted by Crippen LogP contribution is -2.55. The maximum atomic E-state index is 9.06. The number of anilines is 1. The number of rotatable bonds is 1. The molecule has 2 aliphatic rings. The van der Waals surface area contributed by atoms with Gasteiger partial charge in [0.15, 0.2) is 0 Å². The summed E-state index contributed by atoms with van der Waals surface area (Å²) < 4.78 is 5.68. The van der Waals surface area contributed by atoms with E-state index in [0.29, 0.717) is 12.5 Å². The first-order valence-corrected chi connectivity index (χ1v) is 7.45. The number of ether oxygens (including phenoxy) is 1. The van der Waals surface area contributed by atoms with Gasteiger partial charge in [0, 0.05) is 32.4 Å². The second-order valence-electron chi connectivity index (χ2n) is 4.55. The number of nitrogens with zero attached hydrogens (tertiary/aromatic N) is 2. The predicted molar refractivity (Wildman–Crippen MR) is 84.9 cm³/mol. The molecule has 3 rings (SSSR count). The minimum atomic E-state index is 0.468. The number of amides is 1. The topological polar surface area (TPSA) is 66.5 Å². The van der Waals surface area contributed by atoms with Crippen LogP contribution in [0.25, 0.3) is 0 Å². The molecule has 0 saturated carbocycles. The molecule has 0 radical (unpaired) electrons. The van der Waals surface area contributed by atoms with Crippen LogP contribution in [0.1, 0.15) is 19.5 Å². The van der Waals surface area contributed by atoms with Crippen LogP contribution >= 0.6 is 0 Å². The van der Waals surface area contributed by atoms with E-state index in [9.17, 15) is 0 Å². The van der Waals surface area contributed by atoms with Gasteiger partial charge in [-0.25, -0.2) is 4.98 Å². The van der Waals surface area contributed by atoms with Gasteiger partial charge in [-0.05, 0) is 19.1 Å². The van der Waals surface area contributed by atoms with Crippen molar-refractivity contribution in [3.63, 3.8) is 0 Å². The van der Waals surface area contributed by atoms with Crippen molar-refractivity contribution in [1.29, 1.82) is 0 Å². The summed E-state index contributed by atoms with van der Waals surface area (Å²) in [5, 5.41) is 5.63. The molecule has 2 N–H and O–H groups in total. The zero-order valence-corrected chi connectivity index (χ0v) is 13.3. The zero-order valence-electron chi connectivity index (χ0n) is 13.3. The fourth-order valence-corrected chi connectivity index (χ4v) is 2.25. The average Bonchev–Trinajstić information content (AvgIpc) is 2.56. The van der Waals surface area contributed by atoms with E-state index in [0.717, 1.165) is 43.5 Å². The van der Waals surface area contributed by atoms with Gasteiger partial charge in [0.2, 0.25) is 12.3 Å². The quantitative estimate of drug-likeness (QED) is 0.755. The molecule has 1 saturated heterocycles. The van der Waals surface area contributed by atoms with E-state index in [2.05, 4.69) is 26.6 Å². The van der Waals surface area contributed by atoms with E-state index < -0.39 is 0 Å². The summed E-state index contributed by atoms with van der Waals surface area (Å²) >= 11 is 0. The normalized spacial score (nSPS) is 18.5. The molecule has 3 heterocycles. The number of hydrogen-bond acceptors (Lipinski definition) is 5. The Bertz CT molecular complexity index is 440. The van der Waals surface area contributed by atoms with Gasteiger partial charge in [0.25, 0.3) is 0 Å². The van der Waals surface area contributed by atoms with Crippen LogP contribution in [-0.4, -0.2) is 50.7 Å². The molecule has 1 aromatic heterocycles. The molecule has 1 aromatic rings. The Morgan fingerprint density at radius 3 is 2.86 bits per heavy atom. The third-order valence-corrected chi connectivity index (χ3v) is 3.17. The molecule has 1 atom stereocenters. The number of aromatic nitrogens is 1. The summed E-state index contributed by atoms with van der Waals surface area (Å²) in [6, 6.07) is 4.64. The second kappa shape index (κ2) is 9.18. The lowest BCUT2D eigenvalue weighted by molar-refractivity contribution is -0.109. The molecule has 0 bridgehead atoms. The Hall–Kier alpha value is -1.82. The van der Waals surface area contributed by atoms with Gasteiger partial charge in [-0.2, -0.15) is 0 Å². The van der Waals surface area contributed by atoms with Gasteiger partial charge in [0.05, 0.1) is 6.04 Å². The van der Waals surface area contributed by atoms with Crippen molar-refractivity contribution in [2.45, 2.75) is 26.8 Å². The van der Waals surface area contributed by atoms with Crippen molar-refractivity contribution in [2.75, 3.05) is 38.2 Å². The van der Waals surface area contributed by atoms with Crippen LogP contribution in [0.5, 0.6) is 5.88 Å². The molecule has 6 nitrogen and oxygen atoms in total. The van der Waals surface area contributed by atoms with Crippen LogP contribution in [0.4, 0.5) is 5.69 Å². The Morgan fingerprint density at radius 1 is 1.48 bits per heavy atom. The van der Waals surface area contributed by atoms with Crippen molar-refractivity contribution < 1.29 is 9.53 Å². The van der Waals surface area contributed by atoms with E-state index in [1.54, 1.807) is 7.05 Å². The third kappa shape index (κ3) is 4.60. The van der Waals surface area contributed by atoms with Gasteiger partial charge in [-0.15, -0.1) is 0 Å². The largest absolute Gasteiger partial charge is 0.474 e. The van der Waals surface area contributed by atoms with Gasteiger partial charge in [0.1, 0.15) is 12.3 Å². The van der Waals surface area contributed by atoms with E-state index in [1.165, 1.54) is 0 Å². The standard InChI is InChI=1S/C11H15N3O.C2H5NO.C2H6/c1-8-2-3-10-11(13-8)15-7-9-6-12-4-5-14(9)10;1-3-2-4;1-2/h2-3,9,12H,4-7H2,1H3;2H,1H3,(H,3,4);1-2H3. The Balaban J connectivity index is 0.000000322. The summed E-state index contributed by atoms with van der Waals surface area (Å²) in [4.78, 5) is 15.9. The highest BCUT2D eigenvalue weighted by Gasteiger charge is 2.30. The highest BCUT2D eigenvalue weighted by Crippen LogP contribution is 2.32. The first-order chi connectivity index (χ1) is 10.3. The molecule has 118 valence electrons. The molecule has 0 aliphatic carbocycles. The number of fused-ring (bicyclic) bond motifs is 3. The van der Waals surface area contributed by atoms with Crippen molar-refractivity contribution in [1.82, 2.24) is 15.6 Å². The third-order valence-electron chi connectivity index (χ3n) is 3.17. The lowest BCUT2D eigenvalue weighted by atomic mass is 10.1. The molecular formula is C15H26N4O2. The molecule has 1 unspecified atom stereocenters. The Morgan fingerprint density at radius 2 is 2.19 bits per heavy atom. The van der Waals surface area contributed by atoms with Gasteiger partial charge < -0.3 is 20.3 Å². The molecule has 21 heavy (non-hydrogen) atoms. The smallest absolute Gasteiger partial charge is 0.237 e. The summed E-state index contributed by atoms with van der Waals surface area (Å²) in [6.45, 7) is 9.84. The van der Waals surface area contributed by atoms with Crippen LogP contribution in [-0.2, 0) is 4.79 Å². The van der Waals surface area contributed by atoms with E-state index in [1.807, 2.05) is 26.8 Å². The Labute approximate surface area is 126 Å². The number of nitrogens with one attached hydrogen (secondary N) is 2. The van der Waals surface area contributed by atoms with E-state index >= 15 is 0 Å². The number of aryl methyl sites for hydroxylation is 1. The maximum Gasteiger partial charge on any atom is 0.237 e. The number of carbonyl (C=O) groups excluding carboxylic acids is 1. The zero-order chi connectivity index (χ0) is 15.7. The fraction of sp³-hybridized carbons (Fsp3) is 0.600. The molecule has 6 heteroatoms. The second-order valence-corrected chi connectivity index (χ2v) is 4.55. The van der Waals surface area contributed by atoms with Crippen LogP contribution in [0.3, 0.4) is 0 Å². The predicted octanol–water partition coefficient (Wildman–Crippen LogP) is 0.949. The van der Waals surface area contributed by atoms with Gasteiger partial charge in [-0.1, -0.05) is 13.8 Å². The molecule has 0 spiro atoms. The molecule has 1 fully saturated rings. The minimum Gasteiger partial charge on any atom is -0.474 e. The fourth-order valence-electron chi connectivity index (χ4n) is 2.25. The summed E-state index contributed by atoms with van der Waals surface area (Å²) in [6.07, 6.45) is 0.625. The molecule has 0 aromatic carbocycles. The first kappa shape index (κ1) is 17.2. The van der Waals surface area contributed by atoms with Crippen molar-refractivity contribution >= 4 is 12.1 Å². The SMILES string of the molecule is CC.CNC=O.Cc1ccc2c(n1)OCC1CNCCN21. The van der Waals surface area contributed by atoms with Gasteiger partial charge >= 0.3 is 0 Å². The first-order valence-electron chi connectivity index (χ1n) is 7.45. The van der Waals surface area contributed by atoms with Crippen molar-refractivity contribution in [3.05, 3.63) is 17.8 Å². The van der Waals surface area contributed by atoms with Crippen LogP contribution in [0.15, 0.2) is 12.1 Å². The molecular weight excluding hydrogens is 268 g/mol. The number of piperazine rings is 1. The van der Waals surface area contributed by atoms with Gasteiger partial charge in [-0.3, -0.25) is 4.79 Å². The minimum absolute atomic E-state index is 0.468. The summed E-state index contributed by atoms with van der Waals surface area (Å²) in [7, 11) is 1.56. The van der Waals surface area contributed by atoms with Crippen LogP contribution < -0.4 is 20.3 Å². The lowest BCUT2D eigenvalue weighted by Gasteiger charge is -2.41. The van der Waals surface area contributed by atoms with Crippen LogP contribution in [0.2, 0.25) is 0 Å². The highest BCUT2D eigenvalue weighted by molar-refractivity contribution is 5.58. The van der Waals surface area contributed by atoms with E-state index in [4.69, 9.17) is 9.53 Å². The molecule has 2 aliphatic heterocycles. The maximum absolute atomic E-state index is 9.06. The van der Waals surface area contributed by atoms with Crippen molar-refractivity contribution in [3.8, 4) is 5.88 Å². The monoisotopic (exact) mass is 294 g/mol. The van der Waals surface area contributed by atoms with Crippen molar-refractivity contribution in [2.24, 2.45) is 0 Å². The van der Waals surface area contributed by atoms with E-state index in [-0.39, 0.29) is 0 Å². The molecule has 1 amide bonds.